The maximum atomic E-state index is 12.8. The van der Waals surface area contributed by atoms with Crippen LogP contribution in [-0.4, -0.2) is 36.9 Å². The molecule has 0 saturated heterocycles. The van der Waals surface area contributed by atoms with Gasteiger partial charge < -0.3 is 9.84 Å². The van der Waals surface area contributed by atoms with Crippen molar-refractivity contribution in [3.8, 4) is 11.5 Å². The highest BCUT2D eigenvalue weighted by Crippen LogP contribution is 2.24. The standard InChI is InChI=1S/C22H20ClNO5S/c1-24(30(27,28)20-13-9-17(23)10-14-20)21(22(25)26)15-16-7-11-19(12-8-16)29-18-5-3-2-4-6-18/h2-14,21H,15H2,1H3,(H,25,26). The van der Waals surface area contributed by atoms with Crippen molar-refractivity contribution in [2.45, 2.75) is 17.4 Å². The summed E-state index contributed by atoms with van der Waals surface area (Å²) in [7, 11) is -2.74. The lowest BCUT2D eigenvalue weighted by molar-refractivity contribution is -0.141. The van der Waals surface area contributed by atoms with Crippen LogP contribution in [-0.2, 0) is 21.2 Å². The second kappa shape index (κ2) is 9.30. The molecule has 0 aromatic heterocycles. The molecule has 0 amide bonds. The first-order valence-electron chi connectivity index (χ1n) is 9.05. The van der Waals surface area contributed by atoms with Gasteiger partial charge in [-0.3, -0.25) is 4.79 Å². The Morgan fingerprint density at radius 3 is 2.10 bits per heavy atom. The lowest BCUT2D eigenvalue weighted by Crippen LogP contribution is -2.43. The summed E-state index contributed by atoms with van der Waals surface area (Å²) in [5, 5.41) is 10.0. The van der Waals surface area contributed by atoms with E-state index in [-0.39, 0.29) is 11.3 Å². The van der Waals surface area contributed by atoms with Gasteiger partial charge in [0.05, 0.1) is 4.90 Å². The fourth-order valence-corrected chi connectivity index (χ4v) is 4.29. The van der Waals surface area contributed by atoms with Crippen molar-refractivity contribution in [2.75, 3.05) is 7.05 Å². The number of benzene rings is 3. The number of hydrogen-bond acceptors (Lipinski definition) is 4. The third kappa shape index (κ3) is 5.18. The fourth-order valence-electron chi connectivity index (χ4n) is 2.85. The third-order valence-corrected chi connectivity index (χ3v) is 6.68. The lowest BCUT2D eigenvalue weighted by Gasteiger charge is -2.24. The first kappa shape index (κ1) is 21.8. The van der Waals surface area contributed by atoms with Gasteiger partial charge in [-0.1, -0.05) is 41.9 Å². The van der Waals surface area contributed by atoms with E-state index in [1.807, 2.05) is 30.3 Å². The Balaban J connectivity index is 1.76. The van der Waals surface area contributed by atoms with Gasteiger partial charge in [0, 0.05) is 12.1 Å². The van der Waals surface area contributed by atoms with E-state index in [9.17, 15) is 18.3 Å². The molecule has 3 aromatic carbocycles. The minimum absolute atomic E-state index is 0.00424. The maximum Gasteiger partial charge on any atom is 0.322 e. The van der Waals surface area contributed by atoms with E-state index < -0.39 is 22.0 Å². The molecule has 3 rings (SSSR count). The minimum atomic E-state index is -4.00. The van der Waals surface area contributed by atoms with Gasteiger partial charge in [-0.05, 0) is 60.5 Å². The second-order valence-corrected chi connectivity index (χ2v) is 9.03. The van der Waals surface area contributed by atoms with E-state index >= 15 is 0 Å². The summed E-state index contributed by atoms with van der Waals surface area (Å²) in [5.41, 5.74) is 0.668. The Morgan fingerprint density at radius 2 is 1.53 bits per heavy atom. The Kier molecular flexibility index (Phi) is 6.77. The van der Waals surface area contributed by atoms with Crippen LogP contribution >= 0.6 is 11.6 Å². The summed E-state index contributed by atoms with van der Waals surface area (Å²) in [6.07, 6.45) is 0.00424. The van der Waals surface area contributed by atoms with E-state index in [0.29, 0.717) is 22.1 Å². The molecule has 0 aliphatic heterocycles. The molecule has 0 aliphatic carbocycles. The Bertz CT molecular complexity index is 1100. The van der Waals surface area contributed by atoms with E-state index in [2.05, 4.69) is 0 Å². The molecule has 156 valence electrons. The van der Waals surface area contributed by atoms with Crippen LogP contribution < -0.4 is 4.74 Å². The molecule has 0 bridgehead atoms. The number of para-hydroxylation sites is 1. The number of carboxylic acids is 1. The molecule has 3 aromatic rings. The van der Waals surface area contributed by atoms with Crippen LogP contribution in [0.4, 0.5) is 0 Å². The van der Waals surface area contributed by atoms with Crippen LogP contribution in [0.25, 0.3) is 0 Å². The van der Waals surface area contributed by atoms with Crippen molar-refractivity contribution in [3.63, 3.8) is 0 Å². The summed E-state index contributed by atoms with van der Waals surface area (Å²) >= 11 is 5.81. The van der Waals surface area contributed by atoms with E-state index in [0.717, 1.165) is 4.31 Å². The fraction of sp³-hybridized carbons (Fsp3) is 0.136. The highest BCUT2D eigenvalue weighted by Gasteiger charge is 2.33. The summed E-state index contributed by atoms with van der Waals surface area (Å²) in [6, 6.07) is 20.4. The Morgan fingerprint density at radius 1 is 0.967 bits per heavy atom. The number of rotatable bonds is 8. The molecule has 6 nitrogen and oxygen atoms in total. The smallest absolute Gasteiger partial charge is 0.322 e. The Labute approximate surface area is 180 Å². The number of halogens is 1. The van der Waals surface area contributed by atoms with Gasteiger partial charge in [0.2, 0.25) is 10.0 Å². The molecule has 0 heterocycles. The SMILES string of the molecule is CN(C(Cc1ccc(Oc2ccccc2)cc1)C(=O)O)S(=O)(=O)c1ccc(Cl)cc1. The van der Waals surface area contributed by atoms with Crippen molar-refractivity contribution in [1.82, 2.24) is 4.31 Å². The second-order valence-electron chi connectivity index (χ2n) is 6.59. The molecule has 30 heavy (non-hydrogen) atoms. The molecular formula is C22H20ClNO5S. The molecule has 0 radical (unpaired) electrons. The zero-order valence-corrected chi connectivity index (χ0v) is 17.7. The summed E-state index contributed by atoms with van der Waals surface area (Å²) in [5.74, 6) is 0.0427. The number of carbonyl (C=O) groups is 1. The van der Waals surface area contributed by atoms with Crippen LogP contribution in [0.5, 0.6) is 11.5 Å². The predicted octanol–water partition coefficient (Wildman–Crippen LogP) is 4.45. The van der Waals surface area contributed by atoms with Crippen LogP contribution in [0.15, 0.2) is 83.8 Å². The van der Waals surface area contributed by atoms with Crippen molar-refractivity contribution < 1.29 is 23.1 Å². The van der Waals surface area contributed by atoms with Crippen molar-refractivity contribution in [3.05, 3.63) is 89.4 Å². The minimum Gasteiger partial charge on any atom is -0.480 e. The van der Waals surface area contributed by atoms with Crippen LogP contribution in [0.3, 0.4) is 0 Å². The summed E-state index contributed by atoms with van der Waals surface area (Å²) < 4.78 is 32.3. The van der Waals surface area contributed by atoms with Crippen molar-refractivity contribution in [2.24, 2.45) is 0 Å². The lowest BCUT2D eigenvalue weighted by atomic mass is 10.1. The predicted molar refractivity (Wildman–Crippen MR) is 114 cm³/mol. The third-order valence-electron chi connectivity index (χ3n) is 4.55. The number of likely N-dealkylation sites (N-methyl/N-ethyl adjacent to an activating group) is 1. The maximum absolute atomic E-state index is 12.8. The highest BCUT2D eigenvalue weighted by atomic mass is 35.5. The van der Waals surface area contributed by atoms with Crippen LogP contribution in [0.2, 0.25) is 5.02 Å². The first-order valence-corrected chi connectivity index (χ1v) is 10.9. The van der Waals surface area contributed by atoms with Gasteiger partial charge in [-0.2, -0.15) is 4.31 Å². The number of ether oxygens (including phenoxy) is 1. The highest BCUT2D eigenvalue weighted by molar-refractivity contribution is 7.89. The van der Waals surface area contributed by atoms with Gasteiger partial charge in [-0.25, -0.2) is 8.42 Å². The number of sulfonamides is 1. The van der Waals surface area contributed by atoms with E-state index in [1.54, 1.807) is 24.3 Å². The van der Waals surface area contributed by atoms with Crippen molar-refractivity contribution >= 4 is 27.6 Å². The molecule has 0 spiro atoms. The molecular weight excluding hydrogens is 426 g/mol. The quantitative estimate of drug-likeness (QED) is 0.553. The van der Waals surface area contributed by atoms with E-state index in [1.165, 1.54) is 31.3 Å². The topological polar surface area (TPSA) is 83.9 Å². The molecule has 0 aliphatic rings. The molecule has 0 saturated carbocycles. The number of hydrogen-bond donors (Lipinski definition) is 1. The van der Waals surface area contributed by atoms with Crippen molar-refractivity contribution in [1.29, 1.82) is 0 Å². The first-order chi connectivity index (χ1) is 14.3. The molecule has 1 atom stereocenters. The largest absolute Gasteiger partial charge is 0.480 e. The number of nitrogens with zero attached hydrogens (tertiary/aromatic N) is 1. The monoisotopic (exact) mass is 445 g/mol. The van der Waals surface area contributed by atoms with Gasteiger partial charge in [0.15, 0.2) is 0 Å². The molecule has 8 heteroatoms. The normalized spacial score (nSPS) is 12.5. The average molecular weight is 446 g/mol. The zero-order valence-electron chi connectivity index (χ0n) is 16.1. The van der Waals surface area contributed by atoms with Gasteiger partial charge in [-0.15, -0.1) is 0 Å². The Hall–Kier alpha value is -2.87. The zero-order chi connectivity index (χ0) is 21.7. The molecule has 0 fully saturated rings. The number of aliphatic carboxylic acids is 1. The van der Waals surface area contributed by atoms with E-state index in [4.69, 9.17) is 16.3 Å². The average Bonchev–Trinajstić information content (AvgIpc) is 2.73. The molecule has 1 unspecified atom stereocenters. The summed E-state index contributed by atoms with van der Waals surface area (Å²) in [6.45, 7) is 0. The molecule has 1 N–H and O–H groups in total. The van der Waals surface area contributed by atoms with Crippen LogP contribution in [0.1, 0.15) is 5.56 Å². The van der Waals surface area contributed by atoms with Crippen LogP contribution in [0, 0.1) is 0 Å². The van der Waals surface area contributed by atoms with Gasteiger partial charge in [0.1, 0.15) is 17.5 Å². The van der Waals surface area contributed by atoms with Gasteiger partial charge >= 0.3 is 5.97 Å². The summed E-state index contributed by atoms with van der Waals surface area (Å²) in [4.78, 5) is 11.8. The van der Waals surface area contributed by atoms with Gasteiger partial charge in [0.25, 0.3) is 0 Å². The number of carboxylic acid groups (broad SMARTS) is 1.